The van der Waals surface area contributed by atoms with E-state index in [2.05, 4.69) is 4.98 Å². The van der Waals surface area contributed by atoms with Crippen LogP contribution in [0.2, 0.25) is 0 Å². The predicted octanol–water partition coefficient (Wildman–Crippen LogP) is 2.51. The number of carbonyl (C=O) groups excluding carboxylic acids is 1. The van der Waals surface area contributed by atoms with Crippen molar-refractivity contribution in [2.45, 2.75) is 13.3 Å². The van der Waals surface area contributed by atoms with Crippen molar-refractivity contribution in [3.8, 4) is 0 Å². The first-order valence-corrected chi connectivity index (χ1v) is 5.95. The Morgan fingerprint density at radius 1 is 1.41 bits per heavy atom. The normalized spacial score (nSPS) is 10.7. The molecule has 1 heterocycles. The molecular formula is C13H12ClNO2. The molecule has 1 N–H and O–H groups in total. The fourth-order valence-corrected chi connectivity index (χ4v) is 1.99. The number of ketones is 1. The second-order valence-corrected chi connectivity index (χ2v) is 4.07. The number of carbonyl (C=O) groups is 1. The Kier molecular flexibility index (Phi) is 3.29. The number of fused-ring (bicyclic) bond motifs is 1. The first-order valence-electron chi connectivity index (χ1n) is 5.41. The van der Waals surface area contributed by atoms with Gasteiger partial charge in [0, 0.05) is 11.1 Å². The molecule has 1 aromatic carbocycles. The van der Waals surface area contributed by atoms with Crippen LogP contribution in [0.25, 0.3) is 10.9 Å². The number of rotatable bonds is 3. The molecule has 0 aliphatic heterocycles. The number of aryl methyl sites for hydroxylation is 1. The lowest BCUT2D eigenvalue weighted by molar-refractivity contribution is 0.102. The van der Waals surface area contributed by atoms with E-state index in [0.717, 1.165) is 5.39 Å². The van der Waals surface area contributed by atoms with Gasteiger partial charge in [0.25, 0.3) is 5.56 Å². The Labute approximate surface area is 103 Å². The number of benzene rings is 1. The average molecular weight is 250 g/mol. The number of hydrogen-bond donors (Lipinski definition) is 1. The topological polar surface area (TPSA) is 49.9 Å². The van der Waals surface area contributed by atoms with Gasteiger partial charge in [-0.05, 0) is 23.9 Å². The molecule has 3 nitrogen and oxygen atoms in total. The van der Waals surface area contributed by atoms with Gasteiger partial charge in [0.1, 0.15) is 0 Å². The summed E-state index contributed by atoms with van der Waals surface area (Å²) in [6.07, 6.45) is 0.666. The molecule has 0 aliphatic carbocycles. The van der Waals surface area contributed by atoms with Gasteiger partial charge in [0.05, 0.1) is 11.4 Å². The van der Waals surface area contributed by atoms with Crippen LogP contribution in [0, 0.1) is 0 Å². The van der Waals surface area contributed by atoms with Crippen molar-refractivity contribution in [1.82, 2.24) is 4.98 Å². The van der Waals surface area contributed by atoms with Crippen LogP contribution >= 0.6 is 11.6 Å². The van der Waals surface area contributed by atoms with Gasteiger partial charge in [-0.15, -0.1) is 11.6 Å². The molecule has 0 aliphatic rings. The molecule has 0 amide bonds. The summed E-state index contributed by atoms with van der Waals surface area (Å²) in [4.78, 5) is 26.1. The molecule has 2 rings (SSSR count). The van der Waals surface area contributed by atoms with Gasteiger partial charge in [0.2, 0.25) is 0 Å². The van der Waals surface area contributed by atoms with Crippen molar-refractivity contribution in [3.63, 3.8) is 0 Å². The SMILES string of the molecule is CCc1cc2cccc(C(=O)CCl)c2[nH]c1=O. The number of alkyl halides is 1. The number of hydrogen-bond acceptors (Lipinski definition) is 2. The summed E-state index contributed by atoms with van der Waals surface area (Å²) in [7, 11) is 0. The summed E-state index contributed by atoms with van der Waals surface area (Å²) in [5, 5.41) is 0.859. The van der Waals surface area contributed by atoms with Gasteiger partial charge in [0.15, 0.2) is 5.78 Å². The number of Topliss-reactive ketones (excluding diaryl/α,β-unsaturated/α-hetero) is 1. The minimum atomic E-state index is -0.183. The van der Waals surface area contributed by atoms with Gasteiger partial charge in [-0.3, -0.25) is 9.59 Å². The molecule has 0 fully saturated rings. The minimum absolute atomic E-state index is 0.0866. The van der Waals surface area contributed by atoms with Crippen LogP contribution in [0.15, 0.2) is 29.1 Å². The highest BCUT2D eigenvalue weighted by Crippen LogP contribution is 2.17. The van der Waals surface area contributed by atoms with E-state index in [4.69, 9.17) is 11.6 Å². The van der Waals surface area contributed by atoms with Crippen LogP contribution in [0.1, 0.15) is 22.8 Å². The molecule has 0 radical (unpaired) electrons. The standard InChI is InChI=1S/C13H12ClNO2/c1-2-8-6-9-4-3-5-10(11(16)7-14)12(9)15-13(8)17/h3-6H,2,7H2,1H3,(H,15,17). The van der Waals surface area contributed by atoms with Gasteiger partial charge < -0.3 is 4.98 Å². The maximum Gasteiger partial charge on any atom is 0.251 e. The van der Waals surface area contributed by atoms with E-state index < -0.39 is 0 Å². The Bertz CT molecular complexity index is 631. The Morgan fingerprint density at radius 2 is 2.18 bits per heavy atom. The quantitative estimate of drug-likeness (QED) is 0.671. The molecule has 0 saturated carbocycles. The summed E-state index contributed by atoms with van der Waals surface area (Å²) in [5.41, 5.74) is 1.61. The zero-order valence-corrected chi connectivity index (χ0v) is 10.2. The van der Waals surface area contributed by atoms with Gasteiger partial charge >= 0.3 is 0 Å². The lowest BCUT2D eigenvalue weighted by Crippen LogP contribution is -2.13. The van der Waals surface area contributed by atoms with Crippen molar-refractivity contribution in [3.05, 3.63) is 45.7 Å². The molecule has 17 heavy (non-hydrogen) atoms. The molecule has 0 atom stereocenters. The number of pyridine rings is 1. The van der Waals surface area contributed by atoms with Crippen molar-refractivity contribution in [2.24, 2.45) is 0 Å². The van der Waals surface area contributed by atoms with Gasteiger partial charge in [-0.2, -0.15) is 0 Å². The Hall–Kier alpha value is -1.61. The molecule has 0 unspecified atom stereocenters. The molecule has 0 bridgehead atoms. The smallest absolute Gasteiger partial charge is 0.251 e. The largest absolute Gasteiger partial charge is 0.321 e. The maximum atomic E-state index is 11.7. The summed E-state index contributed by atoms with van der Waals surface area (Å²) in [5.74, 6) is -0.270. The molecule has 4 heteroatoms. The third kappa shape index (κ3) is 2.11. The highest BCUT2D eigenvalue weighted by Gasteiger charge is 2.10. The third-order valence-electron chi connectivity index (χ3n) is 2.76. The summed E-state index contributed by atoms with van der Waals surface area (Å²) < 4.78 is 0. The molecule has 88 valence electrons. The van der Waals surface area contributed by atoms with Gasteiger partial charge in [-0.25, -0.2) is 0 Å². The highest BCUT2D eigenvalue weighted by molar-refractivity contribution is 6.31. The maximum absolute atomic E-state index is 11.7. The van der Waals surface area contributed by atoms with Crippen LogP contribution in [-0.4, -0.2) is 16.6 Å². The van der Waals surface area contributed by atoms with E-state index in [1.807, 2.05) is 19.1 Å². The third-order valence-corrected chi connectivity index (χ3v) is 3.00. The van der Waals surface area contributed by atoms with Crippen LogP contribution in [0.5, 0.6) is 0 Å². The number of aromatic amines is 1. The second-order valence-electron chi connectivity index (χ2n) is 3.80. The van der Waals surface area contributed by atoms with E-state index >= 15 is 0 Å². The zero-order valence-electron chi connectivity index (χ0n) is 9.42. The van der Waals surface area contributed by atoms with Gasteiger partial charge in [-0.1, -0.05) is 19.1 Å². The highest BCUT2D eigenvalue weighted by atomic mass is 35.5. The van der Waals surface area contributed by atoms with Crippen molar-refractivity contribution in [2.75, 3.05) is 5.88 Å². The second kappa shape index (κ2) is 4.72. The Morgan fingerprint density at radius 3 is 2.82 bits per heavy atom. The number of H-pyrrole nitrogens is 1. The number of nitrogens with one attached hydrogen (secondary N) is 1. The minimum Gasteiger partial charge on any atom is -0.321 e. The van der Waals surface area contributed by atoms with Crippen molar-refractivity contribution < 1.29 is 4.79 Å². The van der Waals surface area contributed by atoms with Crippen molar-refractivity contribution in [1.29, 1.82) is 0 Å². The van der Waals surface area contributed by atoms with Crippen molar-refractivity contribution >= 4 is 28.3 Å². The number of aromatic nitrogens is 1. The first-order chi connectivity index (χ1) is 8.17. The van der Waals surface area contributed by atoms with Crippen LogP contribution < -0.4 is 5.56 Å². The molecule has 2 aromatic rings. The van der Waals surface area contributed by atoms with Crippen LogP contribution in [0.3, 0.4) is 0 Å². The van der Waals surface area contributed by atoms with E-state index in [0.29, 0.717) is 23.1 Å². The lowest BCUT2D eigenvalue weighted by atomic mass is 10.0. The monoisotopic (exact) mass is 249 g/mol. The van der Waals surface area contributed by atoms with E-state index in [-0.39, 0.29) is 17.2 Å². The number of halogens is 1. The van der Waals surface area contributed by atoms with E-state index in [1.54, 1.807) is 12.1 Å². The summed E-state index contributed by atoms with van der Waals surface area (Å²) >= 11 is 5.54. The predicted molar refractivity (Wildman–Crippen MR) is 69.0 cm³/mol. The molecule has 1 aromatic heterocycles. The van der Waals surface area contributed by atoms with E-state index in [9.17, 15) is 9.59 Å². The summed E-state index contributed by atoms with van der Waals surface area (Å²) in [6, 6.07) is 7.16. The fraction of sp³-hybridized carbons (Fsp3) is 0.231. The zero-order chi connectivity index (χ0) is 12.4. The summed E-state index contributed by atoms with van der Waals surface area (Å²) in [6.45, 7) is 1.92. The van der Waals surface area contributed by atoms with E-state index in [1.165, 1.54) is 0 Å². The van der Waals surface area contributed by atoms with Crippen LogP contribution in [0.4, 0.5) is 0 Å². The fourth-order valence-electron chi connectivity index (χ4n) is 1.84. The molecular weight excluding hydrogens is 238 g/mol. The van der Waals surface area contributed by atoms with Crippen LogP contribution in [-0.2, 0) is 6.42 Å². The lowest BCUT2D eigenvalue weighted by Gasteiger charge is -2.05. The average Bonchev–Trinajstić information content (AvgIpc) is 2.36. The number of para-hydroxylation sites is 1. The Balaban J connectivity index is 2.77. The molecule has 0 saturated heterocycles. The first kappa shape index (κ1) is 11.9. The molecule has 0 spiro atoms.